The van der Waals surface area contributed by atoms with E-state index < -0.39 is 17.3 Å². The van der Waals surface area contributed by atoms with Gasteiger partial charge in [-0.15, -0.1) is 5.10 Å². The zero-order valence-corrected chi connectivity index (χ0v) is 13.8. The van der Waals surface area contributed by atoms with Crippen LogP contribution in [-0.4, -0.2) is 38.2 Å². The van der Waals surface area contributed by atoms with E-state index in [1.54, 1.807) is 13.0 Å². The van der Waals surface area contributed by atoms with E-state index in [0.29, 0.717) is 0 Å². The first-order valence-corrected chi connectivity index (χ1v) is 7.47. The molecule has 6 nitrogen and oxygen atoms in total. The van der Waals surface area contributed by atoms with Crippen LogP contribution in [0.25, 0.3) is 5.69 Å². The summed E-state index contributed by atoms with van der Waals surface area (Å²) in [6, 6.07) is 4.46. The van der Waals surface area contributed by atoms with Gasteiger partial charge in [-0.05, 0) is 25.0 Å². The number of nitrogens with one attached hydrogen (secondary N) is 1. The SMILES string of the molecule is CC(C)C(C)(O)CNC(=O)c1cn(-c2cccc(Cl)c2F)nn1. The number of aliphatic hydroxyl groups is 1. The van der Waals surface area contributed by atoms with E-state index in [2.05, 4.69) is 15.6 Å². The molecule has 2 aromatic rings. The van der Waals surface area contributed by atoms with Crippen LogP contribution in [0.2, 0.25) is 5.02 Å². The van der Waals surface area contributed by atoms with Crippen molar-refractivity contribution < 1.29 is 14.3 Å². The molecular weight excluding hydrogens is 323 g/mol. The Kier molecular flexibility index (Phi) is 5.01. The van der Waals surface area contributed by atoms with Crippen LogP contribution in [-0.2, 0) is 0 Å². The first-order chi connectivity index (χ1) is 10.7. The molecule has 0 saturated heterocycles. The van der Waals surface area contributed by atoms with Gasteiger partial charge in [0.15, 0.2) is 11.5 Å². The second-order valence-corrected chi connectivity index (χ2v) is 6.22. The van der Waals surface area contributed by atoms with Crippen LogP contribution >= 0.6 is 11.6 Å². The molecule has 0 aliphatic carbocycles. The number of carbonyl (C=O) groups excluding carboxylic acids is 1. The van der Waals surface area contributed by atoms with Gasteiger partial charge in [0.2, 0.25) is 0 Å². The summed E-state index contributed by atoms with van der Waals surface area (Å²) in [6.07, 6.45) is 1.30. The van der Waals surface area contributed by atoms with Crippen LogP contribution < -0.4 is 5.32 Å². The van der Waals surface area contributed by atoms with Crippen molar-refractivity contribution >= 4 is 17.5 Å². The lowest BCUT2D eigenvalue weighted by Gasteiger charge is -2.27. The lowest BCUT2D eigenvalue weighted by molar-refractivity contribution is 0.0142. The molecule has 1 aromatic heterocycles. The molecule has 124 valence electrons. The van der Waals surface area contributed by atoms with Gasteiger partial charge in [-0.1, -0.05) is 36.7 Å². The fourth-order valence-electron chi connectivity index (χ4n) is 1.71. The largest absolute Gasteiger partial charge is 0.388 e. The Balaban J connectivity index is 2.13. The van der Waals surface area contributed by atoms with Crippen molar-refractivity contribution in [3.05, 3.63) is 40.9 Å². The minimum Gasteiger partial charge on any atom is -0.388 e. The van der Waals surface area contributed by atoms with Crippen molar-refractivity contribution in [3.63, 3.8) is 0 Å². The molecule has 1 unspecified atom stereocenters. The molecule has 0 aliphatic rings. The van der Waals surface area contributed by atoms with Crippen molar-refractivity contribution in [2.24, 2.45) is 5.92 Å². The summed E-state index contributed by atoms with van der Waals surface area (Å²) in [4.78, 5) is 12.1. The summed E-state index contributed by atoms with van der Waals surface area (Å²) in [6.45, 7) is 5.41. The van der Waals surface area contributed by atoms with Crippen LogP contribution in [0, 0.1) is 11.7 Å². The molecule has 0 aliphatic heterocycles. The van der Waals surface area contributed by atoms with E-state index in [4.69, 9.17) is 11.6 Å². The molecule has 8 heteroatoms. The second-order valence-electron chi connectivity index (χ2n) is 5.82. The molecule has 1 amide bonds. The summed E-state index contributed by atoms with van der Waals surface area (Å²) >= 11 is 5.72. The Bertz CT molecular complexity index is 715. The average Bonchev–Trinajstić information content (AvgIpc) is 2.97. The van der Waals surface area contributed by atoms with Crippen LogP contribution in [0.4, 0.5) is 4.39 Å². The number of nitrogens with zero attached hydrogens (tertiary/aromatic N) is 3. The van der Waals surface area contributed by atoms with E-state index in [-0.39, 0.29) is 28.9 Å². The lowest BCUT2D eigenvalue weighted by atomic mass is 9.92. The van der Waals surface area contributed by atoms with Crippen molar-refractivity contribution in [1.82, 2.24) is 20.3 Å². The van der Waals surface area contributed by atoms with Crippen molar-refractivity contribution in [2.45, 2.75) is 26.4 Å². The molecule has 23 heavy (non-hydrogen) atoms. The van der Waals surface area contributed by atoms with E-state index >= 15 is 0 Å². The highest BCUT2D eigenvalue weighted by molar-refractivity contribution is 6.30. The third kappa shape index (κ3) is 3.86. The number of rotatable bonds is 5. The molecule has 0 spiro atoms. The number of benzene rings is 1. The maximum atomic E-state index is 13.9. The summed E-state index contributed by atoms with van der Waals surface area (Å²) in [5, 5.41) is 20.1. The van der Waals surface area contributed by atoms with Crippen molar-refractivity contribution in [3.8, 4) is 5.69 Å². The molecule has 0 fully saturated rings. The topological polar surface area (TPSA) is 80.0 Å². The van der Waals surface area contributed by atoms with E-state index in [1.807, 2.05) is 13.8 Å². The Hall–Kier alpha value is -1.99. The van der Waals surface area contributed by atoms with Gasteiger partial charge in [0.1, 0.15) is 5.69 Å². The fraction of sp³-hybridized carbons (Fsp3) is 0.400. The molecular formula is C15H18ClFN4O2. The minimum atomic E-state index is -1.04. The van der Waals surface area contributed by atoms with Crippen LogP contribution in [0.5, 0.6) is 0 Å². The summed E-state index contributed by atoms with van der Waals surface area (Å²) in [5.41, 5.74) is -0.924. The maximum Gasteiger partial charge on any atom is 0.273 e. The van der Waals surface area contributed by atoms with Gasteiger partial charge < -0.3 is 10.4 Å². The number of amides is 1. The zero-order valence-electron chi connectivity index (χ0n) is 13.0. The fourth-order valence-corrected chi connectivity index (χ4v) is 1.88. The number of hydrogen-bond donors (Lipinski definition) is 2. The predicted octanol–water partition coefficient (Wildman–Crippen LogP) is 2.20. The van der Waals surface area contributed by atoms with E-state index in [9.17, 15) is 14.3 Å². The van der Waals surface area contributed by atoms with E-state index in [0.717, 1.165) is 4.68 Å². The Labute approximate surface area is 138 Å². The van der Waals surface area contributed by atoms with Crippen LogP contribution in [0.15, 0.2) is 24.4 Å². The summed E-state index contributed by atoms with van der Waals surface area (Å²) in [5.74, 6) is -1.17. The highest BCUT2D eigenvalue weighted by Gasteiger charge is 2.26. The third-order valence-corrected chi connectivity index (χ3v) is 4.05. The normalized spacial score (nSPS) is 13.9. The molecule has 1 atom stereocenters. The van der Waals surface area contributed by atoms with Crippen molar-refractivity contribution in [2.75, 3.05) is 6.54 Å². The quantitative estimate of drug-likeness (QED) is 0.874. The number of carbonyl (C=O) groups is 1. The summed E-state index contributed by atoms with van der Waals surface area (Å²) in [7, 11) is 0. The van der Waals surface area contributed by atoms with Gasteiger partial charge in [0.25, 0.3) is 5.91 Å². The van der Waals surface area contributed by atoms with Crippen molar-refractivity contribution in [1.29, 1.82) is 0 Å². The number of hydrogen-bond acceptors (Lipinski definition) is 4. The highest BCUT2D eigenvalue weighted by Crippen LogP contribution is 2.20. The molecule has 1 heterocycles. The minimum absolute atomic E-state index is 0.0175. The van der Waals surface area contributed by atoms with Gasteiger partial charge in [0, 0.05) is 6.54 Å². The number of aromatic nitrogens is 3. The average molecular weight is 341 g/mol. The van der Waals surface area contributed by atoms with Gasteiger partial charge in [-0.2, -0.15) is 0 Å². The van der Waals surface area contributed by atoms with Crippen LogP contribution in [0.3, 0.4) is 0 Å². The highest BCUT2D eigenvalue weighted by atomic mass is 35.5. The molecule has 1 aromatic carbocycles. The van der Waals surface area contributed by atoms with Crippen LogP contribution in [0.1, 0.15) is 31.3 Å². The molecule has 2 N–H and O–H groups in total. The first-order valence-electron chi connectivity index (χ1n) is 7.09. The molecule has 0 radical (unpaired) electrons. The number of halogens is 2. The maximum absolute atomic E-state index is 13.9. The van der Waals surface area contributed by atoms with Gasteiger partial charge in [-0.25, -0.2) is 9.07 Å². The van der Waals surface area contributed by atoms with Gasteiger partial charge in [-0.3, -0.25) is 4.79 Å². The smallest absolute Gasteiger partial charge is 0.273 e. The molecule has 2 rings (SSSR count). The lowest BCUT2D eigenvalue weighted by Crippen LogP contribution is -2.44. The van der Waals surface area contributed by atoms with Gasteiger partial charge in [0.05, 0.1) is 16.8 Å². The standard InChI is InChI=1S/C15H18ClFN4O2/c1-9(2)15(3,23)8-18-14(22)11-7-21(20-19-11)12-6-4-5-10(16)13(12)17/h4-7,9,23H,8H2,1-3H3,(H,18,22). The monoisotopic (exact) mass is 340 g/mol. The van der Waals surface area contributed by atoms with Gasteiger partial charge >= 0.3 is 0 Å². The summed E-state index contributed by atoms with van der Waals surface area (Å²) < 4.78 is 15.1. The second kappa shape index (κ2) is 6.64. The molecule has 0 saturated carbocycles. The Morgan fingerprint density at radius 1 is 1.52 bits per heavy atom. The zero-order chi connectivity index (χ0) is 17.2. The third-order valence-electron chi connectivity index (χ3n) is 3.75. The molecule has 0 bridgehead atoms. The predicted molar refractivity (Wildman–Crippen MR) is 84.1 cm³/mol. The first kappa shape index (κ1) is 17.4. The Morgan fingerprint density at radius 3 is 2.87 bits per heavy atom. The van der Waals surface area contributed by atoms with E-state index in [1.165, 1.54) is 18.3 Å². The Morgan fingerprint density at radius 2 is 2.22 bits per heavy atom.